The summed E-state index contributed by atoms with van der Waals surface area (Å²) in [6, 6.07) is 17.4. The quantitative estimate of drug-likeness (QED) is 0.209. The van der Waals surface area contributed by atoms with Gasteiger partial charge in [-0.25, -0.2) is 0 Å². The van der Waals surface area contributed by atoms with Crippen molar-refractivity contribution in [3.63, 3.8) is 0 Å². The van der Waals surface area contributed by atoms with Crippen LogP contribution >= 0.6 is 11.6 Å². The Morgan fingerprint density at radius 1 is 0.618 bits per heavy atom. The van der Waals surface area contributed by atoms with Gasteiger partial charge in [0, 0.05) is 10.6 Å². The van der Waals surface area contributed by atoms with E-state index in [1.54, 1.807) is 0 Å². The molecule has 0 heterocycles. The molecule has 0 aromatic heterocycles. The zero-order chi connectivity index (χ0) is 23.8. The van der Waals surface area contributed by atoms with Gasteiger partial charge in [0.1, 0.15) is 0 Å². The maximum Gasteiger partial charge on any atom is 0.0484 e. The number of unbranched alkanes of at least 4 members (excludes halogenated alkanes) is 12. The molecule has 0 aliphatic heterocycles. The molecule has 2 aromatic rings. The molecule has 0 atom stereocenters. The van der Waals surface area contributed by atoms with Crippen LogP contribution in [-0.4, -0.2) is 0 Å². The lowest BCUT2D eigenvalue weighted by Crippen LogP contribution is -2.13. The van der Waals surface area contributed by atoms with E-state index in [1.807, 2.05) is 12.1 Å². The van der Waals surface area contributed by atoms with Crippen LogP contribution in [0.3, 0.4) is 0 Å². The fourth-order valence-electron chi connectivity index (χ4n) is 5.87. The van der Waals surface area contributed by atoms with Gasteiger partial charge in [0.2, 0.25) is 0 Å². The van der Waals surface area contributed by atoms with Gasteiger partial charge < -0.3 is 0 Å². The molecular weight excluding hydrogens is 432 g/mol. The topological polar surface area (TPSA) is 0 Å². The molecule has 34 heavy (non-hydrogen) atoms. The number of hydrogen-bond donors (Lipinski definition) is 0. The first-order valence-electron chi connectivity index (χ1n) is 14.6. The number of benzene rings is 2. The molecule has 1 heteroatoms. The van der Waals surface area contributed by atoms with Gasteiger partial charge in [-0.1, -0.05) is 151 Å². The van der Waals surface area contributed by atoms with E-state index < -0.39 is 0 Å². The molecule has 0 saturated heterocycles. The molecule has 0 bridgehead atoms. The maximum absolute atomic E-state index is 6.38. The van der Waals surface area contributed by atoms with Gasteiger partial charge in [-0.15, -0.1) is 0 Å². The third kappa shape index (κ3) is 9.77. The van der Waals surface area contributed by atoms with Gasteiger partial charge in [0.15, 0.2) is 0 Å². The predicted octanol–water partition coefficient (Wildman–Crippen LogP) is 11.8. The molecule has 1 fully saturated rings. The summed E-state index contributed by atoms with van der Waals surface area (Å²) >= 11 is 6.38. The minimum absolute atomic E-state index is 0.753. The smallest absolute Gasteiger partial charge is 0.0484 e. The van der Waals surface area contributed by atoms with Crippen molar-refractivity contribution in [2.45, 2.75) is 128 Å². The Morgan fingerprint density at radius 3 is 1.71 bits per heavy atom. The molecule has 0 nitrogen and oxygen atoms in total. The van der Waals surface area contributed by atoms with Crippen LogP contribution in [0.4, 0.5) is 0 Å². The van der Waals surface area contributed by atoms with Crippen molar-refractivity contribution >= 4 is 11.6 Å². The van der Waals surface area contributed by atoms with E-state index in [0.717, 1.165) is 22.4 Å². The Hall–Kier alpha value is -1.27. The normalized spacial score (nSPS) is 18.3. The summed E-state index contributed by atoms with van der Waals surface area (Å²) in [6.45, 7) is 2.30. The van der Waals surface area contributed by atoms with E-state index >= 15 is 0 Å². The summed E-state index contributed by atoms with van der Waals surface area (Å²) in [5.74, 6) is 1.73. The van der Waals surface area contributed by atoms with E-state index in [2.05, 4.69) is 43.3 Å². The van der Waals surface area contributed by atoms with Crippen LogP contribution in [0.25, 0.3) is 11.1 Å². The largest absolute Gasteiger partial charge is 0.0837 e. The second-order valence-electron chi connectivity index (χ2n) is 10.9. The van der Waals surface area contributed by atoms with Crippen LogP contribution < -0.4 is 0 Å². The molecule has 1 saturated carbocycles. The lowest BCUT2D eigenvalue weighted by molar-refractivity contribution is 0.301. The summed E-state index contributed by atoms with van der Waals surface area (Å²) in [7, 11) is 0. The van der Waals surface area contributed by atoms with Gasteiger partial charge >= 0.3 is 0 Å². The van der Waals surface area contributed by atoms with Crippen molar-refractivity contribution in [1.82, 2.24) is 0 Å². The second-order valence-corrected chi connectivity index (χ2v) is 11.3. The van der Waals surface area contributed by atoms with Crippen molar-refractivity contribution in [3.8, 4) is 11.1 Å². The van der Waals surface area contributed by atoms with Gasteiger partial charge in [-0.2, -0.15) is 0 Å². The number of hydrogen-bond acceptors (Lipinski definition) is 0. The fourth-order valence-corrected chi connectivity index (χ4v) is 6.11. The highest BCUT2D eigenvalue weighted by molar-refractivity contribution is 6.33. The first-order chi connectivity index (χ1) is 16.8. The van der Waals surface area contributed by atoms with E-state index in [9.17, 15) is 0 Å². The highest BCUT2D eigenvalue weighted by atomic mass is 35.5. The molecule has 3 rings (SSSR count). The first-order valence-corrected chi connectivity index (χ1v) is 15.0. The van der Waals surface area contributed by atoms with Crippen LogP contribution in [0.2, 0.25) is 5.02 Å². The maximum atomic E-state index is 6.38. The molecule has 1 aliphatic rings. The van der Waals surface area contributed by atoms with Crippen LogP contribution in [0.1, 0.15) is 134 Å². The third-order valence-electron chi connectivity index (χ3n) is 8.13. The predicted molar refractivity (Wildman–Crippen MR) is 152 cm³/mol. The van der Waals surface area contributed by atoms with Crippen LogP contribution in [0, 0.1) is 5.92 Å². The lowest BCUT2D eigenvalue weighted by Gasteiger charge is -2.29. The molecule has 0 N–H and O–H groups in total. The van der Waals surface area contributed by atoms with Gasteiger partial charge in [-0.3, -0.25) is 0 Å². The molecular formula is C33H49Cl. The molecule has 1 aliphatic carbocycles. The average Bonchev–Trinajstić information content (AvgIpc) is 2.88. The van der Waals surface area contributed by atoms with Crippen LogP contribution in [-0.2, 0) is 0 Å². The Bertz CT molecular complexity index is 769. The lowest BCUT2D eigenvalue weighted by atomic mass is 9.77. The minimum atomic E-state index is 0.753. The van der Waals surface area contributed by atoms with Gasteiger partial charge in [0.25, 0.3) is 0 Å². The van der Waals surface area contributed by atoms with E-state index in [1.165, 1.54) is 127 Å². The van der Waals surface area contributed by atoms with Crippen molar-refractivity contribution in [1.29, 1.82) is 0 Å². The number of rotatable bonds is 16. The molecule has 0 radical (unpaired) electrons. The molecule has 0 unspecified atom stereocenters. The molecule has 2 aromatic carbocycles. The second kappa shape index (κ2) is 16.4. The van der Waals surface area contributed by atoms with Crippen LogP contribution in [0.5, 0.6) is 0 Å². The SMILES string of the molecule is CCCCCCCCCCCCCCCC1CCC(c2ccc(-c3ccccc3Cl)cc2)CC1. The molecule has 0 amide bonds. The van der Waals surface area contributed by atoms with Crippen LogP contribution in [0.15, 0.2) is 48.5 Å². The Balaban J connectivity index is 1.21. The summed E-state index contributed by atoms with van der Waals surface area (Å²) in [6.07, 6.45) is 26.0. The Kier molecular flexibility index (Phi) is 13.2. The van der Waals surface area contributed by atoms with Crippen molar-refractivity contribution in [2.24, 2.45) is 5.92 Å². The monoisotopic (exact) mass is 480 g/mol. The van der Waals surface area contributed by atoms with Gasteiger partial charge in [0.05, 0.1) is 0 Å². The zero-order valence-electron chi connectivity index (χ0n) is 21.9. The highest BCUT2D eigenvalue weighted by Gasteiger charge is 2.22. The van der Waals surface area contributed by atoms with E-state index in [0.29, 0.717) is 0 Å². The van der Waals surface area contributed by atoms with Crippen molar-refractivity contribution in [3.05, 3.63) is 59.1 Å². The summed E-state index contributed by atoms with van der Waals surface area (Å²) < 4.78 is 0. The summed E-state index contributed by atoms with van der Waals surface area (Å²) in [4.78, 5) is 0. The van der Waals surface area contributed by atoms with Gasteiger partial charge in [-0.05, 0) is 54.7 Å². The zero-order valence-corrected chi connectivity index (χ0v) is 22.6. The van der Waals surface area contributed by atoms with E-state index in [-0.39, 0.29) is 0 Å². The number of halogens is 1. The Morgan fingerprint density at radius 2 is 1.15 bits per heavy atom. The minimum Gasteiger partial charge on any atom is -0.0837 e. The Labute approximate surface area is 215 Å². The molecule has 0 spiro atoms. The van der Waals surface area contributed by atoms with Crippen molar-refractivity contribution in [2.75, 3.05) is 0 Å². The first kappa shape index (κ1) is 27.3. The molecule has 188 valence electrons. The van der Waals surface area contributed by atoms with E-state index in [4.69, 9.17) is 11.6 Å². The summed E-state index contributed by atoms with van der Waals surface area (Å²) in [5, 5.41) is 0.837. The highest BCUT2D eigenvalue weighted by Crippen LogP contribution is 2.38. The third-order valence-corrected chi connectivity index (χ3v) is 8.46. The average molecular weight is 481 g/mol. The van der Waals surface area contributed by atoms with Crippen molar-refractivity contribution < 1.29 is 0 Å². The fraction of sp³-hybridized carbons (Fsp3) is 0.636. The standard InChI is InChI=1S/C33H49Cl/c1-2-3-4-5-6-7-8-9-10-11-12-13-14-17-28-20-22-29(23-21-28)30-24-26-31(27-25-30)32-18-15-16-19-33(32)34/h15-16,18-19,24-29H,2-14,17,20-23H2,1H3. The summed E-state index contributed by atoms with van der Waals surface area (Å²) in [5.41, 5.74) is 3.89.